The number of piperazine rings is 1. The Morgan fingerprint density at radius 3 is 3.00 bits per heavy atom. The van der Waals surface area contributed by atoms with E-state index in [4.69, 9.17) is 6.42 Å². The van der Waals surface area contributed by atoms with E-state index < -0.39 is 0 Å². The largest absolute Gasteiger partial charge is 0.314 e. The van der Waals surface area contributed by atoms with Crippen molar-refractivity contribution < 1.29 is 0 Å². The molecule has 0 saturated carbocycles. The summed E-state index contributed by atoms with van der Waals surface area (Å²) in [6.45, 7) is 7.50. The van der Waals surface area contributed by atoms with Crippen molar-refractivity contribution >= 4 is 0 Å². The van der Waals surface area contributed by atoms with Crippen LogP contribution in [0.2, 0.25) is 0 Å². The van der Waals surface area contributed by atoms with Crippen LogP contribution in [-0.4, -0.2) is 36.6 Å². The molecule has 2 atom stereocenters. The molecule has 1 aliphatic heterocycles. The van der Waals surface area contributed by atoms with Gasteiger partial charge in [0.2, 0.25) is 0 Å². The maximum atomic E-state index is 5.35. The van der Waals surface area contributed by atoms with Crippen molar-refractivity contribution in [2.45, 2.75) is 25.9 Å². The number of hydrogen-bond acceptors (Lipinski definition) is 2. The first-order valence-electron chi connectivity index (χ1n) is 4.18. The molecule has 1 N–H and O–H groups in total. The topological polar surface area (TPSA) is 15.3 Å². The second-order valence-corrected chi connectivity index (χ2v) is 3.13. The molecule has 0 aromatic heterocycles. The third-order valence-corrected chi connectivity index (χ3v) is 2.29. The van der Waals surface area contributed by atoms with Crippen LogP contribution in [0.25, 0.3) is 0 Å². The number of nitrogens with zero attached hydrogens (tertiary/aromatic N) is 1. The summed E-state index contributed by atoms with van der Waals surface area (Å²) in [4.78, 5) is 2.36. The SMILES string of the molecule is C#CC(C)N1CCNCC1C. The summed E-state index contributed by atoms with van der Waals surface area (Å²) < 4.78 is 0. The summed E-state index contributed by atoms with van der Waals surface area (Å²) in [6.07, 6.45) is 5.35. The molecule has 0 aliphatic carbocycles. The third-order valence-electron chi connectivity index (χ3n) is 2.29. The Hall–Kier alpha value is -0.520. The summed E-state index contributed by atoms with van der Waals surface area (Å²) in [7, 11) is 0. The molecule has 0 aromatic rings. The Morgan fingerprint density at radius 1 is 1.73 bits per heavy atom. The summed E-state index contributed by atoms with van der Waals surface area (Å²) in [5, 5.41) is 3.33. The minimum absolute atomic E-state index is 0.284. The lowest BCUT2D eigenvalue weighted by Crippen LogP contribution is -2.52. The first kappa shape index (κ1) is 8.58. The molecule has 62 valence electrons. The van der Waals surface area contributed by atoms with Crippen molar-refractivity contribution in [1.82, 2.24) is 10.2 Å². The summed E-state index contributed by atoms with van der Waals surface area (Å²) in [5.41, 5.74) is 0. The molecule has 2 nitrogen and oxygen atoms in total. The van der Waals surface area contributed by atoms with E-state index in [1.165, 1.54) is 0 Å². The number of rotatable bonds is 1. The molecule has 1 heterocycles. The normalized spacial score (nSPS) is 29.4. The monoisotopic (exact) mass is 152 g/mol. The average Bonchev–Trinajstić information content (AvgIpc) is 2.04. The molecule has 0 spiro atoms. The zero-order valence-electron chi connectivity index (χ0n) is 7.30. The highest BCUT2D eigenvalue weighted by molar-refractivity contribution is 4.99. The molecular weight excluding hydrogens is 136 g/mol. The van der Waals surface area contributed by atoms with Crippen LogP contribution < -0.4 is 5.32 Å². The van der Waals surface area contributed by atoms with Gasteiger partial charge in [0.15, 0.2) is 0 Å². The van der Waals surface area contributed by atoms with Crippen molar-refractivity contribution in [3.05, 3.63) is 0 Å². The van der Waals surface area contributed by atoms with Crippen LogP contribution >= 0.6 is 0 Å². The summed E-state index contributed by atoms with van der Waals surface area (Å²) >= 11 is 0. The van der Waals surface area contributed by atoms with Crippen LogP contribution in [0, 0.1) is 12.3 Å². The van der Waals surface area contributed by atoms with Crippen LogP contribution in [0.4, 0.5) is 0 Å². The molecule has 1 saturated heterocycles. The second kappa shape index (κ2) is 3.75. The fourth-order valence-electron chi connectivity index (χ4n) is 1.53. The highest BCUT2D eigenvalue weighted by atomic mass is 15.2. The van der Waals surface area contributed by atoms with Gasteiger partial charge in [-0.15, -0.1) is 6.42 Å². The van der Waals surface area contributed by atoms with Gasteiger partial charge < -0.3 is 5.32 Å². The fraction of sp³-hybridized carbons (Fsp3) is 0.778. The summed E-state index contributed by atoms with van der Waals surface area (Å²) in [6, 6.07) is 0.863. The second-order valence-electron chi connectivity index (χ2n) is 3.13. The zero-order valence-corrected chi connectivity index (χ0v) is 7.30. The fourth-order valence-corrected chi connectivity index (χ4v) is 1.53. The molecule has 0 amide bonds. The zero-order chi connectivity index (χ0) is 8.27. The highest BCUT2D eigenvalue weighted by Gasteiger charge is 2.20. The number of nitrogens with one attached hydrogen (secondary N) is 1. The Labute approximate surface area is 69.0 Å². The molecule has 2 heteroatoms. The predicted octanol–water partition coefficient (Wildman–Crippen LogP) is 0.302. The van der Waals surface area contributed by atoms with Crippen molar-refractivity contribution in [3.63, 3.8) is 0 Å². The first-order valence-corrected chi connectivity index (χ1v) is 4.18. The van der Waals surface area contributed by atoms with Gasteiger partial charge in [0.25, 0.3) is 0 Å². The van der Waals surface area contributed by atoms with Crippen LogP contribution in [0.5, 0.6) is 0 Å². The van der Waals surface area contributed by atoms with Gasteiger partial charge in [0.1, 0.15) is 0 Å². The molecule has 0 radical (unpaired) electrons. The van der Waals surface area contributed by atoms with E-state index in [1.807, 2.05) is 0 Å². The first-order chi connectivity index (χ1) is 5.25. The van der Waals surface area contributed by atoms with Gasteiger partial charge in [0, 0.05) is 25.7 Å². The number of hydrogen-bond donors (Lipinski definition) is 1. The van der Waals surface area contributed by atoms with Gasteiger partial charge in [0.05, 0.1) is 6.04 Å². The quantitative estimate of drug-likeness (QED) is 0.544. The standard InChI is InChI=1S/C9H16N2/c1-4-8(2)11-6-5-10-7-9(11)3/h1,8-10H,5-7H2,2-3H3. The van der Waals surface area contributed by atoms with Gasteiger partial charge in [-0.05, 0) is 13.8 Å². The van der Waals surface area contributed by atoms with Crippen LogP contribution in [0.1, 0.15) is 13.8 Å². The minimum atomic E-state index is 0.284. The van der Waals surface area contributed by atoms with E-state index in [2.05, 4.69) is 30.0 Å². The van der Waals surface area contributed by atoms with E-state index in [-0.39, 0.29) is 6.04 Å². The Balaban J connectivity index is 2.48. The van der Waals surface area contributed by atoms with E-state index in [0.717, 1.165) is 19.6 Å². The van der Waals surface area contributed by atoms with Gasteiger partial charge in [-0.2, -0.15) is 0 Å². The van der Waals surface area contributed by atoms with Gasteiger partial charge in [-0.25, -0.2) is 0 Å². The molecule has 1 fully saturated rings. The molecule has 0 bridgehead atoms. The average molecular weight is 152 g/mol. The molecule has 2 unspecified atom stereocenters. The van der Waals surface area contributed by atoms with Gasteiger partial charge in [-0.3, -0.25) is 4.90 Å². The highest BCUT2D eigenvalue weighted by Crippen LogP contribution is 2.06. The Bertz CT molecular complexity index is 159. The van der Waals surface area contributed by atoms with E-state index in [9.17, 15) is 0 Å². The summed E-state index contributed by atoms with van der Waals surface area (Å²) in [5.74, 6) is 2.76. The predicted molar refractivity (Wildman–Crippen MR) is 47.3 cm³/mol. The lowest BCUT2D eigenvalue weighted by molar-refractivity contribution is 0.153. The van der Waals surface area contributed by atoms with Gasteiger partial charge in [-0.1, -0.05) is 5.92 Å². The van der Waals surface area contributed by atoms with E-state index in [1.54, 1.807) is 0 Å². The molecule has 0 aromatic carbocycles. The minimum Gasteiger partial charge on any atom is -0.314 e. The maximum Gasteiger partial charge on any atom is 0.0686 e. The van der Waals surface area contributed by atoms with Crippen LogP contribution in [-0.2, 0) is 0 Å². The number of terminal acetylenes is 1. The van der Waals surface area contributed by atoms with Crippen molar-refractivity contribution in [2.75, 3.05) is 19.6 Å². The lowest BCUT2D eigenvalue weighted by atomic mass is 10.1. The Morgan fingerprint density at radius 2 is 2.45 bits per heavy atom. The van der Waals surface area contributed by atoms with E-state index >= 15 is 0 Å². The third kappa shape index (κ3) is 1.95. The van der Waals surface area contributed by atoms with Crippen molar-refractivity contribution in [2.24, 2.45) is 0 Å². The van der Waals surface area contributed by atoms with E-state index in [0.29, 0.717) is 6.04 Å². The van der Waals surface area contributed by atoms with Crippen molar-refractivity contribution in [1.29, 1.82) is 0 Å². The van der Waals surface area contributed by atoms with Crippen LogP contribution in [0.15, 0.2) is 0 Å². The van der Waals surface area contributed by atoms with Crippen LogP contribution in [0.3, 0.4) is 0 Å². The van der Waals surface area contributed by atoms with Gasteiger partial charge >= 0.3 is 0 Å². The van der Waals surface area contributed by atoms with Crippen molar-refractivity contribution in [3.8, 4) is 12.3 Å². The Kier molecular flexibility index (Phi) is 2.92. The lowest BCUT2D eigenvalue weighted by Gasteiger charge is -2.36. The molecular formula is C9H16N2. The smallest absolute Gasteiger partial charge is 0.0686 e. The molecule has 1 rings (SSSR count). The molecule has 1 aliphatic rings. The molecule has 11 heavy (non-hydrogen) atoms. The maximum absolute atomic E-state index is 5.35.